The molecule has 0 fully saturated rings. The molecule has 0 saturated heterocycles. The van der Waals surface area contributed by atoms with E-state index in [0.29, 0.717) is 11.3 Å². The molecular weight excluding hydrogens is 459 g/mol. The average molecular weight is 476 g/mol. The maximum absolute atomic E-state index is 12.8. The van der Waals surface area contributed by atoms with Crippen LogP contribution in [-0.4, -0.2) is 8.42 Å². The van der Waals surface area contributed by atoms with Crippen molar-refractivity contribution in [3.63, 3.8) is 0 Å². The number of aryl methyl sites for hydroxylation is 1. The van der Waals surface area contributed by atoms with E-state index >= 15 is 0 Å². The molecule has 0 amide bonds. The van der Waals surface area contributed by atoms with Crippen molar-refractivity contribution in [1.82, 2.24) is 0 Å². The minimum absolute atomic E-state index is 0.133. The van der Waals surface area contributed by atoms with Crippen LogP contribution < -0.4 is 0 Å². The zero-order chi connectivity index (χ0) is 18.6. The molecule has 5 heteroatoms. The number of hydrogen-bond donors (Lipinski definition) is 0. The number of rotatable bonds is 5. The van der Waals surface area contributed by atoms with Crippen LogP contribution in [0.5, 0.6) is 0 Å². The molecule has 0 aromatic heterocycles. The quantitative estimate of drug-likeness (QED) is 0.207. The van der Waals surface area contributed by atoms with Gasteiger partial charge in [0.25, 0.3) is 0 Å². The third-order valence-electron chi connectivity index (χ3n) is 3.77. The van der Waals surface area contributed by atoms with Crippen LogP contribution in [0.25, 0.3) is 9.34 Å². The van der Waals surface area contributed by atoms with Crippen LogP contribution in [0, 0.1) is 6.92 Å². The Kier molecular flexibility index (Phi) is 5.78. The van der Waals surface area contributed by atoms with E-state index in [0.717, 1.165) is 14.7 Å². The van der Waals surface area contributed by atoms with Gasteiger partial charge in [-0.25, -0.2) is 0 Å². The van der Waals surface area contributed by atoms with Crippen LogP contribution in [-0.2, 0) is 14.3 Å². The van der Waals surface area contributed by atoms with Gasteiger partial charge in [0, 0.05) is 5.56 Å². The summed E-state index contributed by atoms with van der Waals surface area (Å²) in [6.07, 6.45) is 0. The van der Waals surface area contributed by atoms with Gasteiger partial charge < -0.3 is 4.18 Å². The van der Waals surface area contributed by atoms with E-state index in [2.05, 4.69) is 22.6 Å². The second-order valence-corrected chi connectivity index (χ2v) is 8.35. The lowest BCUT2D eigenvalue weighted by Gasteiger charge is -2.14. The van der Waals surface area contributed by atoms with E-state index in [1.54, 1.807) is 24.3 Å². The fourth-order valence-corrected chi connectivity index (χ4v) is 4.27. The molecule has 0 heterocycles. The second kappa shape index (κ2) is 8.05. The Morgan fingerprint density at radius 1 is 0.769 bits per heavy atom. The molecule has 0 aliphatic heterocycles. The van der Waals surface area contributed by atoms with Crippen molar-refractivity contribution < 1.29 is 12.6 Å². The Morgan fingerprint density at radius 2 is 1.27 bits per heavy atom. The lowest BCUT2D eigenvalue weighted by atomic mass is 10.1. The minimum atomic E-state index is -3.94. The van der Waals surface area contributed by atoms with E-state index in [-0.39, 0.29) is 4.90 Å². The van der Waals surface area contributed by atoms with Crippen LogP contribution >= 0.6 is 22.6 Å². The van der Waals surface area contributed by atoms with E-state index in [1.165, 1.54) is 0 Å². The van der Waals surface area contributed by atoms with Crippen molar-refractivity contribution in [2.75, 3.05) is 0 Å². The molecule has 0 unspecified atom stereocenters. The molecule has 0 aliphatic rings. The van der Waals surface area contributed by atoms with Gasteiger partial charge in [0.15, 0.2) is 5.76 Å². The maximum Gasteiger partial charge on any atom is 0.339 e. The van der Waals surface area contributed by atoms with Gasteiger partial charge in [-0.05, 0) is 47.2 Å². The summed E-state index contributed by atoms with van der Waals surface area (Å²) in [7, 11) is -3.94. The molecular formula is C21H17IO3S. The summed E-state index contributed by atoms with van der Waals surface area (Å²) in [5.74, 6) is 0.318. The monoisotopic (exact) mass is 476 g/mol. The molecule has 0 radical (unpaired) electrons. The van der Waals surface area contributed by atoms with Crippen LogP contribution in [0.2, 0.25) is 0 Å². The van der Waals surface area contributed by atoms with Gasteiger partial charge in [-0.15, -0.1) is 0 Å². The predicted molar refractivity (Wildman–Crippen MR) is 113 cm³/mol. The van der Waals surface area contributed by atoms with Gasteiger partial charge in [0.1, 0.15) is 4.90 Å². The molecule has 0 N–H and O–H groups in total. The van der Waals surface area contributed by atoms with Crippen molar-refractivity contribution in [1.29, 1.82) is 0 Å². The van der Waals surface area contributed by atoms with Gasteiger partial charge in [-0.2, -0.15) is 8.42 Å². The van der Waals surface area contributed by atoms with Gasteiger partial charge in [0.05, 0.1) is 3.58 Å². The highest BCUT2D eigenvalue weighted by atomic mass is 127. The van der Waals surface area contributed by atoms with Gasteiger partial charge in [0.2, 0.25) is 0 Å². The first kappa shape index (κ1) is 18.7. The SMILES string of the molecule is Cc1ccc(S(=O)(=O)O/C(=C(/I)c2ccccc2)c2ccccc2)cc1. The normalized spacial score (nSPS) is 12.4. The second-order valence-electron chi connectivity index (χ2n) is 5.73. The molecule has 3 aromatic carbocycles. The lowest BCUT2D eigenvalue weighted by Crippen LogP contribution is -2.07. The predicted octanol–water partition coefficient (Wildman–Crippen LogP) is 5.66. The maximum atomic E-state index is 12.8. The van der Waals surface area contributed by atoms with Crippen molar-refractivity contribution in [2.24, 2.45) is 0 Å². The first-order chi connectivity index (χ1) is 12.5. The van der Waals surface area contributed by atoms with E-state index in [1.807, 2.05) is 67.6 Å². The molecule has 0 bridgehead atoms. The summed E-state index contributed by atoms with van der Waals surface area (Å²) in [5, 5.41) is 0. The van der Waals surface area contributed by atoms with Gasteiger partial charge in [-0.1, -0.05) is 78.4 Å². The molecule has 3 aromatic rings. The van der Waals surface area contributed by atoms with E-state index in [9.17, 15) is 8.42 Å². The molecule has 0 atom stereocenters. The van der Waals surface area contributed by atoms with Crippen molar-refractivity contribution in [3.05, 3.63) is 102 Å². The molecule has 3 nitrogen and oxygen atoms in total. The zero-order valence-corrected chi connectivity index (χ0v) is 17.1. The highest BCUT2D eigenvalue weighted by molar-refractivity contribution is 14.1. The average Bonchev–Trinajstić information content (AvgIpc) is 2.67. The fraction of sp³-hybridized carbons (Fsp3) is 0.0476. The number of benzene rings is 3. The minimum Gasteiger partial charge on any atom is -0.377 e. The largest absolute Gasteiger partial charge is 0.377 e. The van der Waals surface area contributed by atoms with Crippen molar-refractivity contribution in [3.8, 4) is 0 Å². The van der Waals surface area contributed by atoms with Gasteiger partial charge in [-0.3, -0.25) is 0 Å². The number of halogens is 1. The Morgan fingerprint density at radius 3 is 1.81 bits per heavy atom. The zero-order valence-electron chi connectivity index (χ0n) is 14.1. The highest BCUT2D eigenvalue weighted by Gasteiger charge is 2.21. The first-order valence-electron chi connectivity index (χ1n) is 7.99. The Bertz CT molecular complexity index is 1010. The molecule has 132 valence electrons. The molecule has 0 saturated carbocycles. The summed E-state index contributed by atoms with van der Waals surface area (Å²) in [6.45, 7) is 1.91. The Labute approximate surface area is 167 Å². The van der Waals surface area contributed by atoms with E-state index < -0.39 is 10.1 Å². The first-order valence-corrected chi connectivity index (χ1v) is 10.5. The summed E-state index contributed by atoms with van der Waals surface area (Å²) in [4.78, 5) is 0.133. The highest BCUT2D eigenvalue weighted by Crippen LogP contribution is 2.34. The Hall–Kier alpha value is -2.12. The smallest absolute Gasteiger partial charge is 0.339 e. The molecule has 0 spiro atoms. The lowest BCUT2D eigenvalue weighted by molar-refractivity contribution is 0.465. The van der Waals surface area contributed by atoms with Crippen molar-refractivity contribution in [2.45, 2.75) is 11.8 Å². The topological polar surface area (TPSA) is 43.4 Å². The summed E-state index contributed by atoms with van der Waals surface area (Å²) in [6, 6.07) is 25.5. The van der Waals surface area contributed by atoms with Crippen LogP contribution in [0.15, 0.2) is 89.8 Å². The van der Waals surface area contributed by atoms with Gasteiger partial charge >= 0.3 is 10.1 Å². The van der Waals surface area contributed by atoms with Crippen LogP contribution in [0.3, 0.4) is 0 Å². The van der Waals surface area contributed by atoms with Crippen LogP contribution in [0.4, 0.5) is 0 Å². The molecule has 3 rings (SSSR count). The fourth-order valence-electron chi connectivity index (χ4n) is 2.38. The molecule has 0 aliphatic carbocycles. The standard InChI is InChI=1S/C21H17IO3S/c1-16-12-14-19(15-13-16)26(23,24)25-21(18-10-6-3-7-11-18)20(22)17-8-4-2-5-9-17/h2-15H,1H3/b21-20+. The van der Waals surface area contributed by atoms with E-state index in [4.69, 9.17) is 4.18 Å². The summed E-state index contributed by atoms with van der Waals surface area (Å²) < 4.78 is 31.9. The molecule has 26 heavy (non-hydrogen) atoms. The summed E-state index contributed by atoms with van der Waals surface area (Å²) >= 11 is 2.13. The van der Waals surface area contributed by atoms with Crippen LogP contribution in [0.1, 0.15) is 16.7 Å². The van der Waals surface area contributed by atoms with Crippen molar-refractivity contribution >= 4 is 42.0 Å². The summed E-state index contributed by atoms with van der Waals surface area (Å²) in [5.41, 5.74) is 2.59. The number of hydrogen-bond acceptors (Lipinski definition) is 3. The third kappa shape index (κ3) is 4.34. The third-order valence-corrected chi connectivity index (χ3v) is 6.11. The Balaban J connectivity index is 2.09.